The Kier molecular flexibility index (Phi) is 5.30. The number of carboxylic acid groups (broad SMARTS) is 1. The van der Waals surface area contributed by atoms with Crippen LogP contribution in [0.5, 0.6) is 5.75 Å². The predicted molar refractivity (Wildman–Crippen MR) is 109 cm³/mol. The first-order chi connectivity index (χ1) is 14.5. The van der Waals surface area contributed by atoms with Crippen molar-refractivity contribution in [3.05, 3.63) is 101 Å². The molecule has 1 heterocycles. The molecule has 6 nitrogen and oxygen atoms in total. The van der Waals surface area contributed by atoms with Crippen LogP contribution >= 0.6 is 0 Å². The lowest BCUT2D eigenvalue weighted by molar-refractivity contribution is -0.141. The minimum absolute atomic E-state index is 0.0137. The molecule has 0 bridgehead atoms. The maximum absolute atomic E-state index is 12.6. The summed E-state index contributed by atoms with van der Waals surface area (Å²) in [6, 6.07) is 21.8. The van der Waals surface area contributed by atoms with Gasteiger partial charge < -0.3 is 9.84 Å². The van der Waals surface area contributed by atoms with E-state index in [1.165, 1.54) is 12.1 Å². The molecule has 3 aromatic carbocycles. The molecule has 0 saturated carbocycles. The number of benzene rings is 3. The Hall–Kier alpha value is -3.93. The standard InChI is InChI=1S/C24H19NO5/c26-22-19-8-4-5-9-20(19)23(27)25(22)21(24(28)29)14-16-10-12-18(13-11-16)30-15-17-6-2-1-3-7-17/h1-13,21H,14-15H2,(H,28,29). The van der Waals surface area contributed by atoms with Crippen LogP contribution in [0.2, 0.25) is 0 Å². The fraction of sp³-hybridized carbons (Fsp3) is 0.125. The molecule has 0 aromatic heterocycles. The predicted octanol–water partition coefficient (Wildman–Crippen LogP) is 3.56. The molecule has 30 heavy (non-hydrogen) atoms. The highest BCUT2D eigenvalue weighted by Crippen LogP contribution is 2.26. The number of amides is 2. The van der Waals surface area contributed by atoms with Crippen LogP contribution in [0.4, 0.5) is 0 Å². The largest absolute Gasteiger partial charge is 0.489 e. The van der Waals surface area contributed by atoms with Gasteiger partial charge in [-0.25, -0.2) is 4.79 Å². The summed E-state index contributed by atoms with van der Waals surface area (Å²) in [6.07, 6.45) is 0.0137. The summed E-state index contributed by atoms with van der Waals surface area (Å²) in [5.74, 6) is -1.74. The van der Waals surface area contributed by atoms with E-state index in [1.807, 2.05) is 30.3 Å². The molecule has 0 fully saturated rings. The maximum atomic E-state index is 12.6. The van der Waals surface area contributed by atoms with Crippen LogP contribution in [-0.4, -0.2) is 33.8 Å². The molecule has 0 saturated heterocycles. The van der Waals surface area contributed by atoms with E-state index < -0.39 is 23.8 Å². The highest BCUT2D eigenvalue weighted by molar-refractivity contribution is 6.22. The first-order valence-corrected chi connectivity index (χ1v) is 9.50. The number of carbonyl (C=O) groups excluding carboxylic acids is 2. The number of rotatable bonds is 7. The average molecular weight is 401 g/mol. The number of ether oxygens (including phenoxy) is 1. The van der Waals surface area contributed by atoms with Crippen molar-refractivity contribution in [2.24, 2.45) is 0 Å². The molecule has 1 N–H and O–H groups in total. The van der Waals surface area contributed by atoms with Gasteiger partial charge in [0, 0.05) is 6.42 Å². The van der Waals surface area contributed by atoms with Crippen LogP contribution in [0.25, 0.3) is 0 Å². The Morgan fingerprint density at radius 1 is 0.800 bits per heavy atom. The van der Waals surface area contributed by atoms with E-state index in [0.29, 0.717) is 17.9 Å². The number of imide groups is 1. The van der Waals surface area contributed by atoms with Gasteiger partial charge in [0.2, 0.25) is 0 Å². The summed E-state index contributed by atoms with van der Waals surface area (Å²) >= 11 is 0. The molecule has 150 valence electrons. The lowest BCUT2D eigenvalue weighted by atomic mass is 10.0. The number of fused-ring (bicyclic) bond motifs is 1. The quantitative estimate of drug-likeness (QED) is 0.612. The lowest BCUT2D eigenvalue weighted by Crippen LogP contribution is -2.46. The Morgan fingerprint density at radius 2 is 1.37 bits per heavy atom. The Labute approximate surface area is 173 Å². The molecule has 0 spiro atoms. The zero-order valence-corrected chi connectivity index (χ0v) is 16.0. The van der Waals surface area contributed by atoms with Gasteiger partial charge in [-0.15, -0.1) is 0 Å². The smallest absolute Gasteiger partial charge is 0.327 e. The van der Waals surface area contributed by atoms with Crippen LogP contribution in [-0.2, 0) is 17.8 Å². The molecule has 0 radical (unpaired) electrons. The van der Waals surface area contributed by atoms with Crippen molar-refractivity contribution >= 4 is 17.8 Å². The molecule has 6 heteroatoms. The van der Waals surface area contributed by atoms with Gasteiger partial charge in [-0.05, 0) is 35.4 Å². The summed E-state index contributed by atoms with van der Waals surface area (Å²) in [4.78, 5) is 38.0. The van der Waals surface area contributed by atoms with Crippen molar-refractivity contribution in [2.75, 3.05) is 0 Å². The Bertz CT molecular complexity index is 1060. The Balaban J connectivity index is 1.47. The fourth-order valence-corrected chi connectivity index (χ4v) is 3.47. The molecule has 4 rings (SSSR count). The van der Waals surface area contributed by atoms with Crippen LogP contribution in [0.3, 0.4) is 0 Å². The number of carboxylic acids is 1. The van der Waals surface area contributed by atoms with Crippen LogP contribution in [0.15, 0.2) is 78.9 Å². The molecule has 3 aromatic rings. The second-order valence-corrected chi connectivity index (χ2v) is 7.00. The number of hydrogen-bond acceptors (Lipinski definition) is 4. The minimum Gasteiger partial charge on any atom is -0.489 e. The molecule has 1 unspecified atom stereocenters. The summed E-state index contributed by atoms with van der Waals surface area (Å²) in [7, 11) is 0. The zero-order chi connectivity index (χ0) is 21.1. The van der Waals surface area contributed by atoms with E-state index in [0.717, 1.165) is 10.5 Å². The summed E-state index contributed by atoms with van der Waals surface area (Å²) in [6.45, 7) is 0.424. The summed E-state index contributed by atoms with van der Waals surface area (Å²) in [5.41, 5.74) is 2.20. The summed E-state index contributed by atoms with van der Waals surface area (Å²) < 4.78 is 5.74. The van der Waals surface area contributed by atoms with Gasteiger partial charge >= 0.3 is 5.97 Å². The third-order valence-electron chi connectivity index (χ3n) is 5.02. The van der Waals surface area contributed by atoms with Crippen molar-refractivity contribution in [1.29, 1.82) is 0 Å². The molecular weight excluding hydrogens is 382 g/mol. The minimum atomic E-state index is -1.28. The van der Waals surface area contributed by atoms with Crippen LogP contribution < -0.4 is 4.74 Å². The topological polar surface area (TPSA) is 83.9 Å². The monoisotopic (exact) mass is 401 g/mol. The van der Waals surface area contributed by atoms with E-state index in [2.05, 4.69) is 0 Å². The second-order valence-electron chi connectivity index (χ2n) is 7.00. The SMILES string of the molecule is O=C(O)C(Cc1ccc(OCc2ccccc2)cc1)N1C(=O)c2ccccc2C1=O. The number of aliphatic carboxylic acids is 1. The maximum Gasteiger partial charge on any atom is 0.327 e. The third kappa shape index (κ3) is 3.80. The van der Waals surface area contributed by atoms with Gasteiger partial charge in [-0.3, -0.25) is 14.5 Å². The lowest BCUT2D eigenvalue weighted by Gasteiger charge is -2.22. The van der Waals surface area contributed by atoms with Crippen molar-refractivity contribution in [3.8, 4) is 5.75 Å². The van der Waals surface area contributed by atoms with E-state index in [-0.39, 0.29) is 17.5 Å². The van der Waals surface area contributed by atoms with Crippen molar-refractivity contribution < 1.29 is 24.2 Å². The van der Waals surface area contributed by atoms with Gasteiger partial charge in [-0.2, -0.15) is 0 Å². The van der Waals surface area contributed by atoms with E-state index >= 15 is 0 Å². The van der Waals surface area contributed by atoms with Crippen molar-refractivity contribution in [2.45, 2.75) is 19.1 Å². The zero-order valence-electron chi connectivity index (χ0n) is 16.0. The van der Waals surface area contributed by atoms with Crippen LogP contribution in [0.1, 0.15) is 31.8 Å². The van der Waals surface area contributed by atoms with E-state index in [9.17, 15) is 19.5 Å². The van der Waals surface area contributed by atoms with Crippen LogP contribution in [0, 0.1) is 0 Å². The Morgan fingerprint density at radius 3 is 1.93 bits per heavy atom. The number of hydrogen-bond donors (Lipinski definition) is 1. The first kappa shape index (κ1) is 19.4. The van der Waals surface area contributed by atoms with Gasteiger partial charge in [-0.1, -0.05) is 54.6 Å². The van der Waals surface area contributed by atoms with Gasteiger partial charge in [0.25, 0.3) is 11.8 Å². The number of carbonyl (C=O) groups is 3. The molecule has 1 aliphatic heterocycles. The highest BCUT2D eigenvalue weighted by Gasteiger charge is 2.42. The normalized spacial score (nSPS) is 13.8. The third-order valence-corrected chi connectivity index (χ3v) is 5.02. The molecule has 0 aliphatic carbocycles. The highest BCUT2D eigenvalue weighted by atomic mass is 16.5. The van der Waals surface area contributed by atoms with Crippen molar-refractivity contribution in [1.82, 2.24) is 4.90 Å². The number of nitrogens with zero attached hydrogens (tertiary/aromatic N) is 1. The molecular formula is C24H19NO5. The molecule has 1 atom stereocenters. The second kappa shape index (κ2) is 8.21. The summed E-state index contributed by atoms with van der Waals surface area (Å²) in [5, 5.41) is 9.70. The fourth-order valence-electron chi connectivity index (χ4n) is 3.47. The van der Waals surface area contributed by atoms with Gasteiger partial charge in [0.15, 0.2) is 0 Å². The van der Waals surface area contributed by atoms with E-state index in [1.54, 1.807) is 36.4 Å². The molecule has 1 aliphatic rings. The van der Waals surface area contributed by atoms with Gasteiger partial charge in [0.1, 0.15) is 18.4 Å². The van der Waals surface area contributed by atoms with E-state index in [4.69, 9.17) is 4.74 Å². The first-order valence-electron chi connectivity index (χ1n) is 9.50. The van der Waals surface area contributed by atoms with Gasteiger partial charge in [0.05, 0.1) is 11.1 Å². The average Bonchev–Trinajstić information content (AvgIpc) is 3.02. The molecule has 2 amide bonds. The van der Waals surface area contributed by atoms with Crippen molar-refractivity contribution in [3.63, 3.8) is 0 Å².